The zero-order valence-corrected chi connectivity index (χ0v) is 16.0. The van der Waals surface area contributed by atoms with E-state index in [0.29, 0.717) is 24.8 Å². The maximum Gasteiger partial charge on any atom is 0.433 e. The van der Waals surface area contributed by atoms with Gasteiger partial charge in [0.2, 0.25) is 5.95 Å². The quantitative estimate of drug-likeness (QED) is 0.613. The first-order chi connectivity index (χ1) is 14.8. The van der Waals surface area contributed by atoms with Crippen molar-refractivity contribution in [2.75, 3.05) is 36.4 Å². The SMILES string of the molecule is O=C(Nc1cc(F)cc(N2CCNCC2)c1)c1cc(C(F)(F)F)nc(-n2ccnc2)n1. The second kappa shape index (κ2) is 8.30. The first-order valence-corrected chi connectivity index (χ1v) is 9.32. The van der Waals surface area contributed by atoms with Crippen molar-refractivity contribution in [3.05, 3.63) is 60.2 Å². The summed E-state index contributed by atoms with van der Waals surface area (Å²) in [7, 11) is 0. The number of alkyl halides is 3. The Morgan fingerprint density at radius 1 is 1.10 bits per heavy atom. The minimum absolute atomic E-state index is 0.106. The van der Waals surface area contributed by atoms with E-state index in [4.69, 9.17) is 0 Å². The summed E-state index contributed by atoms with van der Waals surface area (Å²) in [5, 5.41) is 5.61. The molecule has 1 aromatic carbocycles. The molecule has 3 heterocycles. The molecule has 12 heteroatoms. The van der Waals surface area contributed by atoms with Crippen LogP contribution in [0.25, 0.3) is 5.95 Å². The van der Waals surface area contributed by atoms with Crippen molar-refractivity contribution in [1.82, 2.24) is 24.8 Å². The minimum atomic E-state index is -4.79. The molecular weight excluding hydrogens is 418 g/mol. The molecular formula is C19H17F4N7O. The third kappa shape index (κ3) is 4.79. The van der Waals surface area contributed by atoms with Crippen molar-refractivity contribution in [3.63, 3.8) is 0 Å². The Balaban J connectivity index is 1.64. The van der Waals surface area contributed by atoms with Crippen molar-refractivity contribution in [1.29, 1.82) is 0 Å². The van der Waals surface area contributed by atoms with E-state index >= 15 is 0 Å². The van der Waals surface area contributed by atoms with Crippen LogP contribution in [0.3, 0.4) is 0 Å². The maximum atomic E-state index is 14.1. The number of piperazine rings is 1. The number of nitrogens with zero attached hydrogens (tertiary/aromatic N) is 5. The monoisotopic (exact) mass is 435 g/mol. The molecule has 0 spiro atoms. The van der Waals surface area contributed by atoms with Gasteiger partial charge in [0, 0.05) is 56.0 Å². The Labute approximate surface area is 173 Å². The summed E-state index contributed by atoms with van der Waals surface area (Å²) in [6.07, 6.45) is -0.887. The van der Waals surface area contributed by atoms with Gasteiger partial charge in [0.1, 0.15) is 17.8 Å². The molecule has 1 aliphatic heterocycles. The van der Waals surface area contributed by atoms with Gasteiger partial charge < -0.3 is 15.5 Å². The molecule has 8 nitrogen and oxygen atoms in total. The van der Waals surface area contributed by atoms with Gasteiger partial charge in [-0.05, 0) is 18.2 Å². The Bertz CT molecular complexity index is 1080. The number of hydrogen-bond acceptors (Lipinski definition) is 6. The zero-order valence-electron chi connectivity index (χ0n) is 16.0. The molecule has 0 saturated carbocycles. The van der Waals surface area contributed by atoms with Gasteiger partial charge in [-0.3, -0.25) is 9.36 Å². The fourth-order valence-corrected chi connectivity index (χ4v) is 3.14. The summed E-state index contributed by atoms with van der Waals surface area (Å²) in [5.41, 5.74) is -1.12. The molecule has 0 unspecified atom stereocenters. The highest BCUT2D eigenvalue weighted by atomic mass is 19.4. The normalized spacial score (nSPS) is 14.5. The van der Waals surface area contributed by atoms with E-state index in [0.717, 1.165) is 23.7 Å². The number of carbonyl (C=O) groups is 1. The summed E-state index contributed by atoms with van der Waals surface area (Å²) in [4.78, 5) is 25.7. The van der Waals surface area contributed by atoms with Gasteiger partial charge in [0.25, 0.3) is 5.91 Å². The maximum absolute atomic E-state index is 14.1. The highest BCUT2D eigenvalue weighted by molar-refractivity contribution is 6.03. The molecule has 0 atom stereocenters. The third-order valence-electron chi connectivity index (χ3n) is 4.60. The lowest BCUT2D eigenvalue weighted by Gasteiger charge is -2.29. The van der Waals surface area contributed by atoms with Crippen molar-refractivity contribution < 1.29 is 22.4 Å². The Hall–Kier alpha value is -3.54. The molecule has 1 amide bonds. The third-order valence-corrected chi connectivity index (χ3v) is 4.60. The Morgan fingerprint density at radius 2 is 1.87 bits per heavy atom. The van der Waals surface area contributed by atoms with Crippen LogP contribution in [0.4, 0.5) is 28.9 Å². The van der Waals surface area contributed by atoms with Crippen molar-refractivity contribution >= 4 is 17.3 Å². The van der Waals surface area contributed by atoms with Crippen LogP contribution in [0.5, 0.6) is 0 Å². The van der Waals surface area contributed by atoms with E-state index in [9.17, 15) is 22.4 Å². The van der Waals surface area contributed by atoms with E-state index < -0.39 is 29.3 Å². The van der Waals surface area contributed by atoms with Crippen LogP contribution < -0.4 is 15.5 Å². The molecule has 1 fully saturated rings. The molecule has 2 aromatic heterocycles. The van der Waals surface area contributed by atoms with Gasteiger partial charge in [-0.1, -0.05) is 0 Å². The van der Waals surface area contributed by atoms with Crippen LogP contribution in [0.2, 0.25) is 0 Å². The molecule has 1 aliphatic rings. The molecule has 0 bridgehead atoms. The van der Waals surface area contributed by atoms with E-state index in [1.807, 2.05) is 4.90 Å². The standard InChI is InChI=1S/C19H17F4N7O/c20-12-7-13(9-14(8-12)29-4-1-24-2-5-29)26-17(31)15-10-16(19(21,22)23)28-18(27-15)30-6-3-25-11-30/h3,6-11,24H,1-2,4-5H2,(H,26,31). The molecule has 0 radical (unpaired) electrons. The van der Waals surface area contributed by atoms with Gasteiger partial charge >= 0.3 is 6.18 Å². The summed E-state index contributed by atoms with van der Waals surface area (Å²) < 4.78 is 55.1. The number of anilines is 2. The number of nitrogens with one attached hydrogen (secondary N) is 2. The van der Waals surface area contributed by atoms with E-state index in [1.54, 1.807) is 6.07 Å². The summed E-state index contributed by atoms with van der Waals surface area (Å²) >= 11 is 0. The number of carbonyl (C=O) groups excluding carboxylic acids is 1. The number of imidazole rings is 1. The van der Waals surface area contributed by atoms with Gasteiger partial charge in [-0.15, -0.1) is 0 Å². The van der Waals surface area contributed by atoms with Crippen molar-refractivity contribution in [3.8, 4) is 5.95 Å². The van der Waals surface area contributed by atoms with E-state index in [1.165, 1.54) is 24.8 Å². The average molecular weight is 435 g/mol. The molecule has 162 valence electrons. The molecule has 0 aliphatic carbocycles. The molecule has 3 aromatic rings. The van der Waals surface area contributed by atoms with Crippen LogP contribution in [-0.4, -0.2) is 51.6 Å². The van der Waals surface area contributed by atoms with Crippen LogP contribution in [-0.2, 0) is 6.18 Å². The number of hydrogen-bond donors (Lipinski definition) is 2. The lowest BCUT2D eigenvalue weighted by Crippen LogP contribution is -2.43. The first-order valence-electron chi connectivity index (χ1n) is 9.32. The summed E-state index contributed by atoms with van der Waals surface area (Å²) in [5.74, 6) is -1.87. The largest absolute Gasteiger partial charge is 0.433 e. The smallest absolute Gasteiger partial charge is 0.369 e. The van der Waals surface area contributed by atoms with Gasteiger partial charge in [0.05, 0.1) is 0 Å². The first kappa shape index (κ1) is 20.7. The van der Waals surface area contributed by atoms with E-state index in [2.05, 4.69) is 25.6 Å². The predicted molar refractivity (Wildman–Crippen MR) is 104 cm³/mol. The van der Waals surface area contributed by atoms with Gasteiger partial charge in [-0.2, -0.15) is 13.2 Å². The minimum Gasteiger partial charge on any atom is -0.369 e. The lowest BCUT2D eigenvalue weighted by atomic mass is 10.2. The van der Waals surface area contributed by atoms with E-state index in [-0.39, 0.29) is 11.6 Å². The van der Waals surface area contributed by atoms with Crippen LogP contribution in [0.1, 0.15) is 16.2 Å². The average Bonchev–Trinajstić information content (AvgIpc) is 3.28. The molecule has 1 saturated heterocycles. The summed E-state index contributed by atoms with van der Waals surface area (Å²) in [6.45, 7) is 2.78. The summed E-state index contributed by atoms with van der Waals surface area (Å²) in [6, 6.07) is 4.54. The highest BCUT2D eigenvalue weighted by Gasteiger charge is 2.34. The molecule has 2 N–H and O–H groups in total. The van der Waals surface area contributed by atoms with Crippen LogP contribution in [0, 0.1) is 5.82 Å². The fourth-order valence-electron chi connectivity index (χ4n) is 3.14. The Kier molecular flexibility index (Phi) is 5.55. The fraction of sp³-hybridized carbons (Fsp3) is 0.263. The van der Waals surface area contributed by atoms with Crippen molar-refractivity contribution in [2.45, 2.75) is 6.18 Å². The second-order valence-electron chi connectivity index (χ2n) is 6.80. The molecule has 4 rings (SSSR count). The number of rotatable bonds is 4. The van der Waals surface area contributed by atoms with Crippen molar-refractivity contribution in [2.24, 2.45) is 0 Å². The predicted octanol–water partition coefficient (Wildman–Crippen LogP) is 2.48. The van der Waals surface area contributed by atoms with Crippen LogP contribution in [0.15, 0.2) is 43.0 Å². The number of amides is 1. The number of benzene rings is 1. The topological polar surface area (TPSA) is 88.0 Å². The van der Waals surface area contributed by atoms with Gasteiger partial charge in [0.15, 0.2) is 5.69 Å². The number of halogens is 4. The highest BCUT2D eigenvalue weighted by Crippen LogP contribution is 2.29. The Morgan fingerprint density at radius 3 is 2.55 bits per heavy atom. The second-order valence-corrected chi connectivity index (χ2v) is 6.80. The lowest BCUT2D eigenvalue weighted by molar-refractivity contribution is -0.141. The van der Waals surface area contributed by atoms with Crippen LogP contribution >= 0.6 is 0 Å². The van der Waals surface area contributed by atoms with Gasteiger partial charge in [-0.25, -0.2) is 19.3 Å². The molecule has 31 heavy (non-hydrogen) atoms. The zero-order chi connectivity index (χ0) is 22.0. The number of aromatic nitrogens is 4.